The third-order valence-corrected chi connectivity index (χ3v) is 6.02. The van der Waals surface area contributed by atoms with Crippen LogP contribution in [0.3, 0.4) is 0 Å². The maximum absolute atomic E-state index is 2.55. The van der Waals surface area contributed by atoms with Gasteiger partial charge in [0.2, 0.25) is 0 Å². The summed E-state index contributed by atoms with van der Waals surface area (Å²) in [6.07, 6.45) is 44.1. The molecule has 0 aromatic carbocycles. The van der Waals surface area contributed by atoms with E-state index in [-0.39, 0.29) is 34.1 Å². The van der Waals surface area contributed by atoms with Gasteiger partial charge in [-0.3, -0.25) is 4.90 Å². The molecular weight excluding hydrogens is 740 g/mol. The quantitative estimate of drug-likeness (QED) is 0.173. The third-order valence-electron chi connectivity index (χ3n) is 4.71. The van der Waals surface area contributed by atoms with Gasteiger partial charge in [-0.15, -0.1) is 0 Å². The largest absolute Gasteiger partial charge is 2.00 e. The number of allylic oxidation sites excluding steroid dienone is 2. The minimum atomic E-state index is 0. The summed E-state index contributed by atoms with van der Waals surface area (Å²) in [7, 11) is 0. The van der Waals surface area contributed by atoms with Crippen molar-refractivity contribution in [3.05, 3.63) is 147 Å². The number of nitrogens with zero attached hydrogens (tertiary/aromatic N) is 1. The van der Waals surface area contributed by atoms with Gasteiger partial charge in [0.1, 0.15) is 0 Å². The molecule has 0 heterocycles. The predicted molar refractivity (Wildman–Crippen MR) is 159 cm³/mol. The van der Waals surface area contributed by atoms with Crippen molar-refractivity contribution < 1.29 is 34.1 Å². The van der Waals surface area contributed by atoms with Crippen LogP contribution in [0.15, 0.2) is 19.3 Å². The van der Waals surface area contributed by atoms with E-state index >= 15 is 0 Å². The van der Waals surface area contributed by atoms with Crippen LogP contribution in [-0.2, 0) is 34.1 Å². The molecule has 0 spiro atoms. The Labute approximate surface area is 267 Å². The second kappa shape index (κ2) is 24.9. The van der Waals surface area contributed by atoms with E-state index < -0.39 is 0 Å². The van der Waals surface area contributed by atoms with E-state index in [4.69, 9.17) is 0 Å². The van der Waals surface area contributed by atoms with Crippen LogP contribution in [0.2, 0.25) is 0 Å². The molecule has 0 amide bonds. The Bertz CT molecular complexity index is 473. The fourth-order valence-electron chi connectivity index (χ4n) is 3.09. The molecular formula is C30H33Fe2I2N+4. The van der Waals surface area contributed by atoms with Gasteiger partial charge < -0.3 is 0 Å². The number of hydrogen-bond donors (Lipinski definition) is 0. The zero-order chi connectivity index (χ0) is 23.6. The van der Waals surface area contributed by atoms with Crippen molar-refractivity contribution in [1.29, 1.82) is 0 Å². The molecule has 4 aliphatic rings. The molecule has 0 aromatic heterocycles. The molecule has 0 bridgehead atoms. The van der Waals surface area contributed by atoms with Crippen molar-refractivity contribution >= 4 is 45.2 Å². The van der Waals surface area contributed by atoms with Crippen molar-refractivity contribution in [2.24, 2.45) is 0 Å². The third kappa shape index (κ3) is 19.6. The van der Waals surface area contributed by atoms with Crippen LogP contribution >= 0.6 is 45.2 Å². The summed E-state index contributed by atoms with van der Waals surface area (Å²) in [5, 5.41) is 0. The Morgan fingerprint density at radius 3 is 1.20 bits per heavy atom. The van der Waals surface area contributed by atoms with Crippen LogP contribution in [0.5, 0.6) is 0 Å². The van der Waals surface area contributed by atoms with Crippen LogP contribution in [0, 0.1) is 127 Å². The molecule has 4 aliphatic carbocycles. The summed E-state index contributed by atoms with van der Waals surface area (Å²) in [5.74, 6) is 2.60. The predicted octanol–water partition coefficient (Wildman–Crippen LogP) is 7.57. The van der Waals surface area contributed by atoms with Crippen molar-refractivity contribution in [3.63, 3.8) is 0 Å². The molecule has 20 radical (unpaired) electrons. The normalized spacial score (nSPS) is 21.1. The van der Waals surface area contributed by atoms with Gasteiger partial charge in [0.25, 0.3) is 0 Å². The number of halogens is 2. The van der Waals surface area contributed by atoms with E-state index in [0.29, 0.717) is 0 Å². The van der Waals surface area contributed by atoms with E-state index in [0.717, 1.165) is 19.6 Å². The van der Waals surface area contributed by atoms with E-state index in [2.05, 4.69) is 121 Å². The SMILES string of the molecule is CCCCN(C/C(I)=C/[C]1[CH][CH][CH][CH]1)C/C(I)=C/[C]1[CH][CH][CH][CH]1.[CH]1[CH][CH][CH][CH]1.[CH]1[CH][CH][CH][CH]1.[Fe+2].[Fe+2]. The minimum absolute atomic E-state index is 0. The second-order valence-corrected chi connectivity index (χ2v) is 10.4. The molecule has 5 heteroatoms. The zero-order valence-electron chi connectivity index (χ0n) is 20.0. The standard InChI is InChI=1S/C20H23I2N.2C5H5.2Fe/c1-2-3-12-23(15-19(21)13-17-8-4-5-9-17)16-20(22)14-18-10-6-7-11-18;2*1-2-4-5-3-1;;/h4-11,13-14H,2-3,12,15-16H2,1H3;2*1-5H;;/q;;;2*+2/b19-13-,20-14-;;;;. The van der Waals surface area contributed by atoms with E-state index in [1.807, 2.05) is 64.2 Å². The summed E-state index contributed by atoms with van der Waals surface area (Å²) >= 11 is 4.95. The van der Waals surface area contributed by atoms with Gasteiger partial charge in [-0.2, -0.15) is 0 Å². The minimum Gasteiger partial charge on any atom is -0.294 e. The first kappa shape index (κ1) is 36.9. The zero-order valence-corrected chi connectivity index (χ0v) is 26.5. The molecule has 0 aromatic rings. The van der Waals surface area contributed by atoms with Gasteiger partial charge in [-0.05, 0) is 174 Å². The summed E-state index contributed by atoms with van der Waals surface area (Å²) < 4.78 is 2.78. The average Bonchev–Trinajstić information content (AvgIpc) is 3.60. The van der Waals surface area contributed by atoms with Crippen molar-refractivity contribution in [2.75, 3.05) is 19.6 Å². The van der Waals surface area contributed by atoms with Crippen LogP contribution in [0.1, 0.15) is 19.8 Å². The summed E-state index contributed by atoms with van der Waals surface area (Å²) in [5.41, 5.74) is 0. The topological polar surface area (TPSA) is 3.24 Å². The smallest absolute Gasteiger partial charge is 0.294 e. The molecule has 0 aliphatic heterocycles. The fourth-order valence-corrected chi connectivity index (χ4v) is 4.77. The van der Waals surface area contributed by atoms with Crippen LogP contribution < -0.4 is 0 Å². The first-order valence-electron chi connectivity index (χ1n) is 11.4. The monoisotopic (exact) mass is 773 g/mol. The van der Waals surface area contributed by atoms with E-state index in [9.17, 15) is 0 Å². The first-order valence-corrected chi connectivity index (χ1v) is 13.5. The van der Waals surface area contributed by atoms with E-state index in [1.165, 1.54) is 31.8 Å². The van der Waals surface area contributed by atoms with Gasteiger partial charge in [0.05, 0.1) is 0 Å². The molecule has 0 saturated heterocycles. The van der Waals surface area contributed by atoms with Gasteiger partial charge >= 0.3 is 34.1 Å². The second-order valence-electron chi connectivity index (χ2n) is 7.61. The van der Waals surface area contributed by atoms with Crippen LogP contribution in [-0.4, -0.2) is 24.5 Å². The molecule has 184 valence electrons. The van der Waals surface area contributed by atoms with Crippen molar-refractivity contribution in [1.82, 2.24) is 4.90 Å². The molecule has 0 N–H and O–H groups in total. The molecule has 4 saturated carbocycles. The van der Waals surface area contributed by atoms with Gasteiger partial charge in [-0.25, -0.2) is 0 Å². The van der Waals surface area contributed by atoms with Crippen molar-refractivity contribution in [3.8, 4) is 0 Å². The number of hydrogen-bond acceptors (Lipinski definition) is 1. The molecule has 4 rings (SSSR count). The Kier molecular flexibility index (Phi) is 26.3. The molecule has 1 nitrogen and oxygen atoms in total. The Hall–Kier alpha value is 1.94. The first-order chi connectivity index (χ1) is 16.2. The van der Waals surface area contributed by atoms with Crippen LogP contribution in [0.4, 0.5) is 0 Å². The maximum atomic E-state index is 2.55. The summed E-state index contributed by atoms with van der Waals surface area (Å²) in [6, 6.07) is 0. The average molecular weight is 773 g/mol. The Morgan fingerprint density at radius 1 is 0.600 bits per heavy atom. The van der Waals surface area contributed by atoms with Gasteiger partial charge in [0, 0.05) is 32.1 Å². The van der Waals surface area contributed by atoms with Crippen molar-refractivity contribution in [2.45, 2.75) is 19.8 Å². The molecule has 4 fully saturated rings. The van der Waals surface area contributed by atoms with Crippen LogP contribution in [0.25, 0.3) is 0 Å². The molecule has 35 heavy (non-hydrogen) atoms. The summed E-state index contributed by atoms with van der Waals surface area (Å²) in [4.78, 5) is 2.55. The maximum Gasteiger partial charge on any atom is 2.00 e. The van der Waals surface area contributed by atoms with Gasteiger partial charge in [-0.1, -0.05) is 25.5 Å². The Balaban J connectivity index is 0.000000793. The molecule has 0 atom stereocenters. The van der Waals surface area contributed by atoms with Gasteiger partial charge in [0.15, 0.2) is 0 Å². The van der Waals surface area contributed by atoms with E-state index in [1.54, 1.807) is 0 Å². The summed E-state index contributed by atoms with van der Waals surface area (Å²) in [6.45, 7) is 5.45. The number of unbranched alkanes of at least 4 members (excludes halogenated alkanes) is 1. The molecule has 0 unspecified atom stereocenters. The Morgan fingerprint density at radius 2 is 0.914 bits per heavy atom. The fraction of sp³-hybridized carbons (Fsp3) is 0.200. The number of rotatable bonds is 9.